The first-order valence-electron chi connectivity index (χ1n) is 6.53. The van der Waals surface area contributed by atoms with Crippen LogP contribution < -0.4 is 0 Å². The van der Waals surface area contributed by atoms with E-state index < -0.39 is 0 Å². The Morgan fingerprint density at radius 2 is 1.68 bits per heavy atom. The van der Waals surface area contributed by atoms with E-state index in [-0.39, 0.29) is 12.5 Å². The summed E-state index contributed by atoms with van der Waals surface area (Å²) >= 11 is 3.49. The molecule has 0 aliphatic heterocycles. The van der Waals surface area contributed by atoms with Gasteiger partial charge < -0.3 is 5.11 Å². The van der Waals surface area contributed by atoms with Crippen LogP contribution in [-0.4, -0.2) is 11.7 Å². The molecular formula is C17H19BrO. The van der Waals surface area contributed by atoms with Crippen molar-refractivity contribution in [2.24, 2.45) is 0 Å². The van der Waals surface area contributed by atoms with E-state index in [1.165, 1.54) is 22.3 Å². The van der Waals surface area contributed by atoms with Crippen LogP contribution in [0.25, 0.3) is 0 Å². The van der Waals surface area contributed by atoms with Gasteiger partial charge in [0.05, 0.1) is 6.61 Å². The average Bonchev–Trinajstić information content (AvgIpc) is 2.38. The molecule has 1 nitrogen and oxygen atoms in total. The Balaban J connectivity index is 2.29. The van der Waals surface area contributed by atoms with Crippen molar-refractivity contribution >= 4 is 15.9 Å². The van der Waals surface area contributed by atoms with Gasteiger partial charge in [0, 0.05) is 10.4 Å². The first-order chi connectivity index (χ1) is 9.11. The Hall–Kier alpha value is -1.12. The molecule has 0 radical (unpaired) electrons. The predicted octanol–water partition coefficient (Wildman–Crippen LogP) is 4.38. The van der Waals surface area contributed by atoms with Crippen LogP contribution in [0.15, 0.2) is 46.9 Å². The van der Waals surface area contributed by atoms with Crippen LogP contribution in [0.1, 0.15) is 28.2 Å². The van der Waals surface area contributed by atoms with E-state index in [2.05, 4.69) is 60.1 Å². The largest absolute Gasteiger partial charge is 0.396 e. The molecule has 2 rings (SSSR count). The van der Waals surface area contributed by atoms with Crippen LogP contribution >= 0.6 is 15.9 Å². The molecule has 1 unspecified atom stereocenters. The highest BCUT2D eigenvalue weighted by atomic mass is 79.9. The fourth-order valence-corrected chi connectivity index (χ4v) is 2.88. The maximum atomic E-state index is 9.70. The van der Waals surface area contributed by atoms with Gasteiger partial charge in [-0.15, -0.1) is 0 Å². The second-order valence-electron chi connectivity index (χ2n) is 5.01. The Kier molecular flexibility index (Phi) is 4.78. The molecule has 1 atom stereocenters. The minimum Gasteiger partial charge on any atom is -0.396 e. The molecule has 100 valence electrons. The molecule has 0 saturated heterocycles. The molecule has 0 bridgehead atoms. The van der Waals surface area contributed by atoms with Crippen LogP contribution in [-0.2, 0) is 6.42 Å². The van der Waals surface area contributed by atoms with Crippen molar-refractivity contribution in [3.63, 3.8) is 0 Å². The van der Waals surface area contributed by atoms with Crippen molar-refractivity contribution in [1.29, 1.82) is 0 Å². The summed E-state index contributed by atoms with van der Waals surface area (Å²) in [6.07, 6.45) is 0.880. The number of halogens is 1. The lowest BCUT2D eigenvalue weighted by atomic mass is 9.89. The molecule has 0 amide bonds. The van der Waals surface area contributed by atoms with E-state index in [9.17, 15) is 5.11 Å². The summed E-state index contributed by atoms with van der Waals surface area (Å²) < 4.78 is 1.06. The zero-order valence-corrected chi connectivity index (χ0v) is 12.9. The predicted molar refractivity (Wildman–Crippen MR) is 83.6 cm³/mol. The number of hydrogen-bond acceptors (Lipinski definition) is 1. The number of benzene rings is 2. The van der Waals surface area contributed by atoms with Crippen molar-refractivity contribution in [2.45, 2.75) is 26.2 Å². The summed E-state index contributed by atoms with van der Waals surface area (Å²) in [5, 5.41) is 9.70. The lowest BCUT2D eigenvalue weighted by Gasteiger charge is -2.18. The molecule has 2 heteroatoms. The van der Waals surface area contributed by atoms with E-state index in [1.54, 1.807) is 0 Å². The van der Waals surface area contributed by atoms with Crippen molar-refractivity contribution in [1.82, 2.24) is 0 Å². The number of aryl methyl sites for hydroxylation is 2. The van der Waals surface area contributed by atoms with Crippen molar-refractivity contribution in [2.75, 3.05) is 6.61 Å². The maximum absolute atomic E-state index is 9.70. The standard InChI is InChI=1S/C17H19BrO/c1-12-5-3-6-13(2)17(12)10-15(11-19)14-7-4-8-16(18)9-14/h3-9,15,19H,10-11H2,1-2H3. The molecule has 1 N–H and O–H groups in total. The molecule has 0 fully saturated rings. The third-order valence-electron chi connectivity index (χ3n) is 3.64. The molecule has 19 heavy (non-hydrogen) atoms. The van der Waals surface area contributed by atoms with Gasteiger partial charge in [-0.2, -0.15) is 0 Å². The van der Waals surface area contributed by atoms with Gasteiger partial charge in [0.2, 0.25) is 0 Å². The second kappa shape index (κ2) is 6.36. The number of aliphatic hydroxyl groups excluding tert-OH is 1. The SMILES string of the molecule is Cc1cccc(C)c1CC(CO)c1cccc(Br)c1. The highest BCUT2D eigenvalue weighted by Crippen LogP contribution is 2.26. The molecule has 0 saturated carbocycles. The zero-order chi connectivity index (χ0) is 13.8. The van der Waals surface area contributed by atoms with Gasteiger partial charge in [-0.25, -0.2) is 0 Å². The van der Waals surface area contributed by atoms with Gasteiger partial charge >= 0.3 is 0 Å². The van der Waals surface area contributed by atoms with E-state index in [0.29, 0.717) is 0 Å². The molecule has 0 heterocycles. The van der Waals surface area contributed by atoms with E-state index >= 15 is 0 Å². The summed E-state index contributed by atoms with van der Waals surface area (Å²) in [5.41, 5.74) is 5.13. The summed E-state index contributed by atoms with van der Waals surface area (Å²) in [7, 11) is 0. The Morgan fingerprint density at radius 3 is 2.26 bits per heavy atom. The van der Waals surface area contributed by atoms with Crippen LogP contribution in [0, 0.1) is 13.8 Å². The number of hydrogen-bond donors (Lipinski definition) is 1. The van der Waals surface area contributed by atoms with Crippen molar-refractivity contribution in [3.8, 4) is 0 Å². The summed E-state index contributed by atoms with van der Waals surface area (Å²) in [6, 6.07) is 14.6. The maximum Gasteiger partial charge on any atom is 0.0502 e. The summed E-state index contributed by atoms with van der Waals surface area (Å²) in [5.74, 6) is 0.150. The monoisotopic (exact) mass is 318 g/mol. The zero-order valence-electron chi connectivity index (χ0n) is 11.4. The minimum absolute atomic E-state index is 0.150. The minimum atomic E-state index is 0.150. The third kappa shape index (κ3) is 3.46. The Bertz CT molecular complexity index is 543. The fourth-order valence-electron chi connectivity index (χ4n) is 2.47. The highest BCUT2D eigenvalue weighted by Gasteiger charge is 2.14. The number of rotatable bonds is 4. The topological polar surface area (TPSA) is 20.2 Å². The molecule has 0 aromatic heterocycles. The van der Waals surface area contributed by atoms with Gasteiger partial charge in [0.15, 0.2) is 0 Å². The molecule has 2 aromatic carbocycles. The first-order valence-corrected chi connectivity index (χ1v) is 7.32. The van der Waals surface area contributed by atoms with Gasteiger partial charge in [-0.1, -0.05) is 46.3 Å². The van der Waals surface area contributed by atoms with Gasteiger partial charge in [0.1, 0.15) is 0 Å². The molecule has 2 aromatic rings. The van der Waals surface area contributed by atoms with Crippen LogP contribution in [0.2, 0.25) is 0 Å². The van der Waals surface area contributed by atoms with Crippen LogP contribution in [0.4, 0.5) is 0 Å². The van der Waals surface area contributed by atoms with Crippen LogP contribution in [0.3, 0.4) is 0 Å². The van der Waals surface area contributed by atoms with E-state index in [1.807, 2.05) is 12.1 Å². The van der Waals surface area contributed by atoms with Gasteiger partial charge in [-0.05, 0) is 54.7 Å². The van der Waals surface area contributed by atoms with Gasteiger partial charge in [-0.3, -0.25) is 0 Å². The van der Waals surface area contributed by atoms with E-state index in [0.717, 1.165) is 10.9 Å². The van der Waals surface area contributed by atoms with Crippen molar-refractivity contribution < 1.29 is 5.11 Å². The first kappa shape index (κ1) is 14.3. The molecule has 0 aliphatic rings. The fraction of sp³-hybridized carbons (Fsp3) is 0.294. The Labute approximate surface area is 123 Å². The summed E-state index contributed by atoms with van der Waals surface area (Å²) in [6.45, 7) is 4.44. The summed E-state index contributed by atoms with van der Waals surface area (Å²) in [4.78, 5) is 0. The Morgan fingerprint density at radius 1 is 1.05 bits per heavy atom. The third-order valence-corrected chi connectivity index (χ3v) is 4.13. The van der Waals surface area contributed by atoms with E-state index in [4.69, 9.17) is 0 Å². The van der Waals surface area contributed by atoms with Gasteiger partial charge in [0.25, 0.3) is 0 Å². The molecule has 0 spiro atoms. The quantitative estimate of drug-likeness (QED) is 0.886. The normalized spacial score (nSPS) is 12.4. The second-order valence-corrected chi connectivity index (χ2v) is 5.92. The average molecular weight is 319 g/mol. The van der Waals surface area contributed by atoms with Crippen LogP contribution in [0.5, 0.6) is 0 Å². The lowest BCUT2D eigenvalue weighted by molar-refractivity contribution is 0.264. The lowest BCUT2D eigenvalue weighted by Crippen LogP contribution is -2.09. The van der Waals surface area contributed by atoms with Crippen molar-refractivity contribution in [3.05, 3.63) is 69.2 Å². The highest BCUT2D eigenvalue weighted by molar-refractivity contribution is 9.10. The smallest absolute Gasteiger partial charge is 0.0502 e. The molecule has 0 aliphatic carbocycles. The number of aliphatic hydroxyl groups is 1. The molecular weight excluding hydrogens is 300 g/mol.